The summed E-state index contributed by atoms with van der Waals surface area (Å²) in [6.07, 6.45) is -0.901. The molecule has 2 aromatic rings. The molecule has 0 aliphatic rings. The summed E-state index contributed by atoms with van der Waals surface area (Å²) in [5.41, 5.74) is 1.45. The topological polar surface area (TPSA) is 29.5 Å². The van der Waals surface area contributed by atoms with Crippen molar-refractivity contribution in [2.45, 2.75) is 20.0 Å². The standard InChI is InChI=1S/C14H13Cl3O2S/c1-3-19-11-5-9(15)8(4-10(11)16)13(18)14-12(17)7(2)6-20-14/h4-6,13,18H,3H2,1-2H3. The van der Waals surface area contributed by atoms with Gasteiger partial charge in [-0.25, -0.2) is 0 Å². The third-order valence-corrected chi connectivity index (χ3v) is 5.21. The minimum Gasteiger partial charge on any atom is -0.492 e. The van der Waals surface area contributed by atoms with Crippen molar-refractivity contribution < 1.29 is 9.84 Å². The van der Waals surface area contributed by atoms with Crippen molar-refractivity contribution in [3.05, 3.63) is 48.6 Å². The Morgan fingerprint density at radius 3 is 2.50 bits per heavy atom. The van der Waals surface area contributed by atoms with E-state index in [9.17, 15) is 5.11 Å². The van der Waals surface area contributed by atoms with Crippen LogP contribution in [0.5, 0.6) is 5.75 Å². The van der Waals surface area contributed by atoms with Crippen LogP contribution in [0.15, 0.2) is 17.5 Å². The number of hydrogen-bond acceptors (Lipinski definition) is 3. The number of ether oxygens (including phenoxy) is 1. The molecule has 1 unspecified atom stereocenters. The predicted molar refractivity (Wildman–Crippen MR) is 85.8 cm³/mol. The summed E-state index contributed by atoms with van der Waals surface area (Å²) >= 11 is 19.9. The lowest BCUT2D eigenvalue weighted by atomic mass is 10.1. The minimum absolute atomic E-state index is 0.396. The molecule has 0 fully saturated rings. The third-order valence-electron chi connectivity index (χ3n) is 2.82. The molecule has 20 heavy (non-hydrogen) atoms. The Morgan fingerprint density at radius 1 is 1.25 bits per heavy atom. The van der Waals surface area contributed by atoms with Crippen LogP contribution in [0, 0.1) is 6.92 Å². The van der Waals surface area contributed by atoms with Gasteiger partial charge in [-0.2, -0.15) is 0 Å². The van der Waals surface area contributed by atoms with Crippen LogP contribution in [0.4, 0.5) is 0 Å². The molecular formula is C14H13Cl3O2S. The molecule has 1 heterocycles. The number of aliphatic hydroxyl groups excluding tert-OH is 1. The van der Waals surface area contributed by atoms with Crippen LogP contribution >= 0.6 is 46.1 Å². The first-order chi connectivity index (χ1) is 9.45. The molecule has 6 heteroatoms. The molecular weight excluding hydrogens is 339 g/mol. The van der Waals surface area contributed by atoms with E-state index in [1.807, 2.05) is 19.2 Å². The van der Waals surface area contributed by atoms with E-state index >= 15 is 0 Å². The van der Waals surface area contributed by atoms with Gasteiger partial charge in [0, 0.05) is 11.6 Å². The fraction of sp³-hybridized carbons (Fsp3) is 0.286. The first-order valence-electron chi connectivity index (χ1n) is 5.99. The Kier molecular flexibility index (Phi) is 5.21. The molecule has 0 aliphatic carbocycles. The number of halogens is 3. The normalized spacial score (nSPS) is 12.5. The highest BCUT2D eigenvalue weighted by atomic mass is 35.5. The summed E-state index contributed by atoms with van der Waals surface area (Å²) in [5.74, 6) is 0.503. The van der Waals surface area contributed by atoms with Crippen molar-refractivity contribution >= 4 is 46.1 Å². The zero-order valence-electron chi connectivity index (χ0n) is 10.9. The van der Waals surface area contributed by atoms with Crippen LogP contribution in [-0.4, -0.2) is 11.7 Å². The van der Waals surface area contributed by atoms with Crippen molar-refractivity contribution in [3.8, 4) is 5.75 Å². The van der Waals surface area contributed by atoms with Crippen LogP contribution in [0.2, 0.25) is 15.1 Å². The van der Waals surface area contributed by atoms with Gasteiger partial charge in [-0.15, -0.1) is 11.3 Å². The zero-order chi connectivity index (χ0) is 14.9. The minimum atomic E-state index is -0.901. The van der Waals surface area contributed by atoms with Gasteiger partial charge < -0.3 is 9.84 Å². The highest BCUT2D eigenvalue weighted by Crippen LogP contribution is 2.40. The summed E-state index contributed by atoms with van der Waals surface area (Å²) < 4.78 is 5.36. The highest BCUT2D eigenvalue weighted by molar-refractivity contribution is 7.10. The second-order valence-electron chi connectivity index (χ2n) is 4.24. The number of thiophene rings is 1. The van der Waals surface area contributed by atoms with Crippen molar-refractivity contribution in [1.29, 1.82) is 0 Å². The first-order valence-corrected chi connectivity index (χ1v) is 8.00. The number of rotatable bonds is 4. The van der Waals surface area contributed by atoms with Crippen molar-refractivity contribution in [3.63, 3.8) is 0 Å². The van der Waals surface area contributed by atoms with E-state index in [0.717, 1.165) is 5.56 Å². The summed E-state index contributed by atoms with van der Waals surface area (Å²) in [7, 11) is 0. The molecule has 0 radical (unpaired) electrons. The third kappa shape index (κ3) is 3.07. The number of benzene rings is 1. The zero-order valence-corrected chi connectivity index (χ0v) is 14.0. The van der Waals surface area contributed by atoms with Crippen LogP contribution in [-0.2, 0) is 0 Å². The lowest BCUT2D eigenvalue weighted by molar-refractivity contribution is 0.224. The second kappa shape index (κ2) is 6.54. The largest absolute Gasteiger partial charge is 0.492 e. The van der Waals surface area contributed by atoms with Crippen LogP contribution in [0.3, 0.4) is 0 Å². The van der Waals surface area contributed by atoms with Gasteiger partial charge in [0.15, 0.2) is 0 Å². The molecule has 0 spiro atoms. The van der Waals surface area contributed by atoms with Crippen LogP contribution in [0.25, 0.3) is 0 Å². The van der Waals surface area contributed by atoms with Crippen LogP contribution < -0.4 is 4.74 Å². The van der Waals surface area contributed by atoms with Gasteiger partial charge in [-0.1, -0.05) is 34.8 Å². The predicted octanol–water partition coefficient (Wildman–Crippen LogP) is 5.50. The fourth-order valence-corrected chi connectivity index (χ4v) is 3.58. The van der Waals surface area contributed by atoms with E-state index in [0.29, 0.717) is 37.9 Å². The Bertz CT molecular complexity index is 625. The number of aliphatic hydroxyl groups is 1. The van der Waals surface area contributed by atoms with Gasteiger partial charge in [0.2, 0.25) is 0 Å². The van der Waals surface area contributed by atoms with E-state index in [-0.39, 0.29) is 0 Å². The lowest BCUT2D eigenvalue weighted by Gasteiger charge is -2.15. The van der Waals surface area contributed by atoms with Gasteiger partial charge in [0.1, 0.15) is 11.9 Å². The van der Waals surface area contributed by atoms with E-state index in [1.54, 1.807) is 12.1 Å². The molecule has 1 aromatic carbocycles. The van der Waals surface area contributed by atoms with E-state index in [4.69, 9.17) is 39.5 Å². The van der Waals surface area contributed by atoms with Gasteiger partial charge in [0.05, 0.1) is 26.6 Å². The average molecular weight is 352 g/mol. The van der Waals surface area contributed by atoms with Crippen LogP contribution in [0.1, 0.15) is 29.0 Å². The van der Waals surface area contributed by atoms with Gasteiger partial charge >= 0.3 is 0 Å². The number of hydrogen-bond donors (Lipinski definition) is 1. The molecule has 2 rings (SSSR count). The van der Waals surface area contributed by atoms with Crippen molar-refractivity contribution in [2.24, 2.45) is 0 Å². The molecule has 0 saturated heterocycles. The molecule has 1 N–H and O–H groups in total. The average Bonchev–Trinajstić information content (AvgIpc) is 2.73. The molecule has 2 nitrogen and oxygen atoms in total. The molecule has 0 bridgehead atoms. The fourth-order valence-electron chi connectivity index (χ4n) is 1.80. The molecule has 0 aliphatic heterocycles. The Hall–Kier alpha value is -0.450. The summed E-state index contributed by atoms with van der Waals surface area (Å²) in [4.78, 5) is 0.659. The first kappa shape index (κ1) is 15.9. The van der Waals surface area contributed by atoms with E-state index in [2.05, 4.69) is 0 Å². The van der Waals surface area contributed by atoms with E-state index in [1.165, 1.54) is 11.3 Å². The maximum Gasteiger partial charge on any atom is 0.139 e. The molecule has 0 saturated carbocycles. The maximum atomic E-state index is 10.5. The number of aryl methyl sites for hydroxylation is 1. The molecule has 0 amide bonds. The quantitative estimate of drug-likeness (QED) is 0.788. The summed E-state index contributed by atoms with van der Waals surface area (Å²) in [6.45, 7) is 4.25. The molecule has 1 aromatic heterocycles. The molecule has 1 atom stereocenters. The Labute approximate surface area is 136 Å². The SMILES string of the molecule is CCOc1cc(Cl)c(C(O)c2scc(C)c2Cl)cc1Cl. The van der Waals surface area contributed by atoms with Gasteiger partial charge in [-0.05, 0) is 30.9 Å². The Morgan fingerprint density at radius 2 is 1.95 bits per heavy atom. The van der Waals surface area contributed by atoms with Crippen molar-refractivity contribution in [1.82, 2.24) is 0 Å². The highest BCUT2D eigenvalue weighted by Gasteiger charge is 2.21. The maximum absolute atomic E-state index is 10.5. The lowest BCUT2D eigenvalue weighted by Crippen LogP contribution is -2.01. The smallest absolute Gasteiger partial charge is 0.139 e. The van der Waals surface area contributed by atoms with Gasteiger partial charge in [0.25, 0.3) is 0 Å². The Balaban J connectivity index is 2.42. The second-order valence-corrected chi connectivity index (χ2v) is 6.34. The summed E-state index contributed by atoms with van der Waals surface area (Å²) in [5, 5.41) is 13.7. The monoisotopic (exact) mass is 350 g/mol. The molecule has 108 valence electrons. The summed E-state index contributed by atoms with van der Waals surface area (Å²) in [6, 6.07) is 3.23. The van der Waals surface area contributed by atoms with Crippen molar-refractivity contribution in [2.75, 3.05) is 6.61 Å². The van der Waals surface area contributed by atoms with E-state index < -0.39 is 6.10 Å². The van der Waals surface area contributed by atoms with Gasteiger partial charge in [-0.3, -0.25) is 0 Å².